The monoisotopic (exact) mass is 718 g/mol. The average Bonchev–Trinajstić information content (AvgIpc) is 3.04. The van der Waals surface area contributed by atoms with Crippen molar-refractivity contribution in [2.75, 3.05) is 54.1 Å². The topological polar surface area (TPSA) is 94.1 Å². The van der Waals surface area contributed by atoms with Crippen LogP contribution in [0.1, 0.15) is 181 Å². The summed E-state index contributed by atoms with van der Waals surface area (Å²) in [4.78, 5) is 24.9. The van der Waals surface area contributed by atoms with Gasteiger partial charge >= 0.3 is 5.97 Å². The maximum Gasteiger partial charge on any atom is 0.306 e. The first-order valence-electron chi connectivity index (χ1n) is 20.4. The lowest BCUT2D eigenvalue weighted by Crippen LogP contribution is -2.37. The van der Waals surface area contributed by atoms with Crippen molar-refractivity contribution in [1.29, 1.82) is 0 Å². The number of allylic oxidation sites excluding steroid dienone is 2. The molecule has 0 aromatic heterocycles. The molecule has 0 bridgehead atoms. The molecule has 0 aromatic rings. The van der Waals surface area contributed by atoms with Crippen molar-refractivity contribution in [1.82, 2.24) is 0 Å². The van der Waals surface area contributed by atoms with Crippen molar-refractivity contribution in [2.24, 2.45) is 0 Å². The zero-order valence-electron chi connectivity index (χ0n) is 32.9. The fourth-order valence-electron chi connectivity index (χ4n) is 5.60. The van der Waals surface area contributed by atoms with Gasteiger partial charge in [-0.05, 0) is 38.5 Å². The summed E-state index contributed by atoms with van der Waals surface area (Å²) < 4.78 is 34.4. The second-order valence-corrected chi connectivity index (χ2v) is 16.4. The first-order valence-corrected chi connectivity index (χ1v) is 21.9. The van der Waals surface area contributed by atoms with E-state index in [9.17, 15) is 14.3 Å². The minimum absolute atomic E-state index is 0.0284. The third kappa shape index (κ3) is 38.3. The van der Waals surface area contributed by atoms with E-state index in [1.807, 2.05) is 21.1 Å². The van der Waals surface area contributed by atoms with Gasteiger partial charge in [-0.1, -0.05) is 148 Å². The van der Waals surface area contributed by atoms with Crippen LogP contribution in [0.3, 0.4) is 0 Å². The highest BCUT2D eigenvalue weighted by molar-refractivity contribution is 7.45. The Morgan fingerprint density at radius 1 is 0.612 bits per heavy atom. The lowest BCUT2D eigenvalue weighted by molar-refractivity contribution is -0.870. The molecular weight excluding hydrogens is 637 g/mol. The van der Waals surface area contributed by atoms with Crippen LogP contribution in [0, 0.1) is 0 Å². The van der Waals surface area contributed by atoms with Crippen molar-refractivity contribution in [2.45, 2.75) is 187 Å². The van der Waals surface area contributed by atoms with E-state index < -0.39 is 13.9 Å². The van der Waals surface area contributed by atoms with Gasteiger partial charge in [0.1, 0.15) is 19.3 Å². The van der Waals surface area contributed by atoms with Crippen molar-refractivity contribution >= 4 is 13.8 Å². The predicted octanol–water partition coefficient (Wildman–Crippen LogP) is 10.9. The Bertz CT molecular complexity index is 802. The van der Waals surface area contributed by atoms with E-state index >= 15 is 0 Å². The molecular formula is C40H80NO7P. The molecule has 2 atom stereocenters. The zero-order valence-corrected chi connectivity index (χ0v) is 33.8. The van der Waals surface area contributed by atoms with Gasteiger partial charge in [-0.2, -0.15) is 0 Å². The number of unbranched alkanes of at least 4 members (excludes halogenated alkanes) is 22. The molecule has 0 amide bonds. The Kier molecular flexibility index (Phi) is 33.8. The van der Waals surface area contributed by atoms with Crippen molar-refractivity contribution in [3.05, 3.63) is 12.2 Å². The van der Waals surface area contributed by atoms with Gasteiger partial charge < -0.3 is 27.9 Å². The number of phosphoric acid groups is 1. The molecule has 0 aromatic carbocycles. The molecule has 8 nitrogen and oxygen atoms in total. The molecule has 0 fully saturated rings. The number of carbonyl (C=O) groups excluding carboxylic acids is 1. The van der Waals surface area contributed by atoms with E-state index in [1.54, 1.807) is 0 Å². The van der Waals surface area contributed by atoms with Crippen LogP contribution < -0.4 is 4.89 Å². The molecule has 0 saturated heterocycles. The molecule has 0 aliphatic rings. The summed E-state index contributed by atoms with van der Waals surface area (Å²) >= 11 is 0. The van der Waals surface area contributed by atoms with Crippen molar-refractivity contribution in [3.63, 3.8) is 0 Å². The maximum atomic E-state index is 12.6. The normalized spacial score (nSPS) is 14.0. The van der Waals surface area contributed by atoms with Gasteiger partial charge in [-0.3, -0.25) is 9.36 Å². The van der Waals surface area contributed by atoms with Crippen LogP contribution in [0.2, 0.25) is 0 Å². The van der Waals surface area contributed by atoms with E-state index in [0.717, 1.165) is 32.1 Å². The molecule has 292 valence electrons. The first-order chi connectivity index (χ1) is 23.6. The van der Waals surface area contributed by atoms with Crippen LogP contribution >= 0.6 is 7.82 Å². The predicted molar refractivity (Wildman–Crippen MR) is 204 cm³/mol. The number of likely N-dealkylation sites (N-methyl/N-ethyl adjacent to an activating group) is 1. The summed E-state index contributed by atoms with van der Waals surface area (Å²) in [6.45, 7) is 5.40. The molecule has 0 heterocycles. The van der Waals surface area contributed by atoms with Crippen molar-refractivity contribution < 1.29 is 37.3 Å². The third-order valence-corrected chi connectivity index (χ3v) is 9.78. The molecule has 0 radical (unpaired) electrons. The lowest BCUT2D eigenvalue weighted by Gasteiger charge is -2.28. The van der Waals surface area contributed by atoms with Crippen LogP contribution in [-0.4, -0.2) is 70.7 Å². The van der Waals surface area contributed by atoms with Gasteiger partial charge in [0.15, 0.2) is 0 Å². The summed E-state index contributed by atoms with van der Waals surface area (Å²) in [7, 11) is 1.36. The standard InChI is InChI=1S/C40H80NO7P/c1-6-8-10-12-14-16-17-18-19-20-21-22-23-24-25-26-27-29-31-33-40(42)48-39(37-45-35-32-30-28-15-13-11-9-7-2)38-47-49(43,44)46-36-34-41(3,4)5/h18-19,39H,6-17,20-38H2,1-5H3/b19-18-. The summed E-state index contributed by atoms with van der Waals surface area (Å²) in [6.07, 6.45) is 35.1. The molecule has 0 aliphatic heterocycles. The number of nitrogens with zero attached hydrogens (tertiary/aromatic N) is 1. The van der Waals surface area contributed by atoms with E-state index in [4.69, 9.17) is 18.5 Å². The lowest BCUT2D eigenvalue weighted by atomic mass is 10.1. The van der Waals surface area contributed by atoms with Crippen LogP contribution in [-0.2, 0) is 27.9 Å². The molecule has 0 rings (SSSR count). The summed E-state index contributed by atoms with van der Waals surface area (Å²) in [5.41, 5.74) is 0. The SMILES string of the molecule is CCCCCCCC/C=C\CCCCCCCCCCCC(=O)OC(COCCCCCCCCCC)COP(=O)([O-])OCC[N+](C)(C)C. The number of ether oxygens (including phenoxy) is 2. The molecule has 2 unspecified atom stereocenters. The minimum atomic E-state index is -4.51. The molecule has 0 N–H and O–H groups in total. The van der Waals surface area contributed by atoms with Crippen molar-refractivity contribution in [3.8, 4) is 0 Å². The maximum absolute atomic E-state index is 12.6. The number of hydrogen-bond donors (Lipinski definition) is 0. The fraction of sp³-hybridized carbons (Fsp3) is 0.925. The quantitative estimate of drug-likeness (QED) is 0.0206. The third-order valence-electron chi connectivity index (χ3n) is 8.82. The van der Waals surface area contributed by atoms with Gasteiger partial charge in [0, 0.05) is 13.0 Å². The summed E-state index contributed by atoms with van der Waals surface area (Å²) in [5.74, 6) is -0.336. The van der Waals surface area contributed by atoms with Crippen LogP contribution in [0.4, 0.5) is 0 Å². The van der Waals surface area contributed by atoms with E-state index in [0.29, 0.717) is 24.1 Å². The first kappa shape index (κ1) is 48.2. The molecule has 0 aliphatic carbocycles. The number of carbonyl (C=O) groups is 1. The van der Waals surface area contributed by atoms with Gasteiger partial charge in [0.05, 0.1) is 34.4 Å². The minimum Gasteiger partial charge on any atom is -0.756 e. The number of quaternary nitrogens is 1. The number of phosphoric ester groups is 1. The average molecular weight is 718 g/mol. The number of esters is 1. The highest BCUT2D eigenvalue weighted by Gasteiger charge is 2.20. The highest BCUT2D eigenvalue weighted by atomic mass is 31.2. The van der Waals surface area contributed by atoms with Gasteiger partial charge in [0.2, 0.25) is 0 Å². The van der Waals surface area contributed by atoms with E-state index in [2.05, 4.69) is 26.0 Å². The number of rotatable bonds is 38. The van der Waals surface area contributed by atoms with Crippen LogP contribution in [0.5, 0.6) is 0 Å². The smallest absolute Gasteiger partial charge is 0.306 e. The van der Waals surface area contributed by atoms with Crippen LogP contribution in [0.15, 0.2) is 12.2 Å². The number of hydrogen-bond acceptors (Lipinski definition) is 7. The fourth-order valence-corrected chi connectivity index (χ4v) is 6.33. The van der Waals surface area contributed by atoms with E-state index in [-0.39, 0.29) is 25.8 Å². The molecule has 0 spiro atoms. The van der Waals surface area contributed by atoms with Gasteiger partial charge in [-0.25, -0.2) is 0 Å². The summed E-state index contributed by atoms with van der Waals surface area (Å²) in [6, 6.07) is 0. The zero-order chi connectivity index (χ0) is 36.3. The Morgan fingerprint density at radius 3 is 1.55 bits per heavy atom. The molecule has 9 heteroatoms. The van der Waals surface area contributed by atoms with Gasteiger partial charge in [-0.15, -0.1) is 0 Å². The van der Waals surface area contributed by atoms with Gasteiger partial charge in [0.25, 0.3) is 7.82 Å². The van der Waals surface area contributed by atoms with Crippen LogP contribution in [0.25, 0.3) is 0 Å². The Hall–Kier alpha value is -0.760. The molecule has 0 saturated carbocycles. The molecule has 49 heavy (non-hydrogen) atoms. The second kappa shape index (κ2) is 34.3. The second-order valence-electron chi connectivity index (χ2n) is 15.0. The Labute approximate surface area is 303 Å². The largest absolute Gasteiger partial charge is 0.756 e. The highest BCUT2D eigenvalue weighted by Crippen LogP contribution is 2.38. The van der Waals surface area contributed by atoms with E-state index in [1.165, 1.54) is 128 Å². The Morgan fingerprint density at radius 2 is 1.06 bits per heavy atom. The Balaban J connectivity index is 4.14. The summed E-state index contributed by atoms with van der Waals surface area (Å²) in [5, 5.41) is 0.